The number of nitrogens with one attached hydrogen (secondary N) is 1. The molecule has 0 aliphatic heterocycles. The van der Waals surface area contributed by atoms with E-state index < -0.39 is 0 Å². The largest absolute Gasteiger partial charge is 0.482 e. The molecule has 124 valence electrons. The highest BCUT2D eigenvalue weighted by Crippen LogP contribution is 2.24. The predicted molar refractivity (Wildman–Crippen MR) is 95.1 cm³/mol. The van der Waals surface area contributed by atoms with Gasteiger partial charge in [0.05, 0.1) is 0 Å². The molecular weight excluding hydrogens is 340 g/mol. The molecule has 6 nitrogen and oxygen atoms in total. The number of hydrogen-bond acceptors (Lipinski definition) is 6. The molecule has 0 aliphatic carbocycles. The van der Waals surface area contributed by atoms with Crippen LogP contribution in [0.15, 0.2) is 65.2 Å². The first kappa shape index (κ1) is 15.4. The SMILES string of the molecule is Clc1cccc(Nc2nnc(COc3cccc4cccnc34)o2)c1. The highest BCUT2D eigenvalue weighted by molar-refractivity contribution is 6.30. The third-order valence-corrected chi connectivity index (χ3v) is 3.72. The van der Waals surface area contributed by atoms with Crippen molar-refractivity contribution in [3.8, 4) is 5.75 Å². The van der Waals surface area contributed by atoms with E-state index in [0.29, 0.717) is 16.7 Å². The molecule has 2 aromatic heterocycles. The van der Waals surface area contributed by atoms with Crippen molar-refractivity contribution in [3.05, 3.63) is 71.7 Å². The Labute approximate surface area is 148 Å². The number of hydrogen-bond donors (Lipinski definition) is 1. The van der Waals surface area contributed by atoms with Crippen molar-refractivity contribution >= 4 is 34.2 Å². The maximum absolute atomic E-state index is 5.95. The summed E-state index contributed by atoms with van der Waals surface area (Å²) < 4.78 is 11.3. The van der Waals surface area contributed by atoms with Gasteiger partial charge in [-0.25, -0.2) is 0 Å². The monoisotopic (exact) mass is 352 g/mol. The summed E-state index contributed by atoms with van der Waals surface area (Å²) in [4.78, 5) is 4.35. The molecule has 0 spiro atoms. The van der Waals surface area contributed by atoms with Gasteiger partial charge in [0, 0.05) is 22.3 Å². The summed E-state index contributed by atoms with van der Waals surface area (Å²) in [6, 6.07) is 17.1. The van der Waals surface area contributed by atoms with Crippen LogP contribution in [0.3, 0.4) is 0 Å². The Kier molecular flexibility index (Phi) is 4.18. The van der Waals surface area contributed by atoms with Gasteiger partial charge < -0.3 is 14.5 Å². The van der Waals surface area contributed by atoms with Crippen molar-refractivity contribution in [1.82, 2.24) is 15.2 Å². The first-order chi connectivity index (χ1) is 12.3. The van der Waals surface area contributed by atoms with E-state index in [9.17, 15) is 0 Å². The molecular formula is C18H13ClN4O2. The maximum Gasteiger partial charge on any atom is 0.320 e. The third kappa shape index (κ3) is 3.54. The van der Waals surface area contributed by atoms with Gasteiger partial charge in [0.1, 0.15) is 11.3 Å². The fourth-order valence-electron chi connectivity index (χ4n) is 2.38. The highest BCUT2D eigenvalue weighted by atomic mass is 35.5. The quantitative estimate of drug-likeness (QED) is 0.566. The van der Waals surface area contributed by atoms with Gasteiger partial charge in [-0.15, -0.1) is 5.10 Å². The van der Waals surface area contributed by atoms with Crippen LogP contribution in [0.2, 0.25) is 5.02 Å². The molecule has 4 rings (SSSR count). The van der Waals surface area contributed by atoms with E-state index in [1.165, 1.54) is 0 Å². The topological polar surface area (TPSA) is 73.1 Å². The van der Waals surface area contributed by atoms with E-state index in [2.05, 4.69) is 20.5 Å². The number of aromatic nitrogens is 3. The molecule has 0 saturated carbocycles. The molecule has 0 atom stereocenters. The molecule has 7 heteroatoms. The number of para-hydroxylation sites is 1. The zero-order valence-corrected chi connectivity index (χ0v) is 13.8. The van der Waals surface area contributed by atoms with Crippen molar-refractivity contribution in [2.45, 2.75) is 6.61 Å². The number of benzene rings is 2. The predicted octanol–water partition coefficient (Wildman–Crippen LogP) is 4.59. The first-order valence-corrected chi connectivity index (χ1v) is 7.97. The van der Waals surface area contributed by atoms with Gasteiger partial charge in [0.25, 0.3) is 5.89 Å². The van der Waals surface area contributed by atoms with Gasteiger partial charge in [0.2, 0.25) is 0 Å². The van der Waals surface area contributed by atoms with Crippen molar-refractivity contribution in [1.29, 1.82) is 0 Å². The number of halogens is 1. The lowest BCUT2D eigenvalue weighted by atomic mass is 10.2. The second-order valence-electron chi connectivity index (χ2n) is 5.26. The first-order valence-electron chi connectivity index (χ1n) is 7.59. The van der Waals surface area contributed by atoms with Crippen molar-refractivity contribution in [2.24, 2.45) is 0 Å². The highest BCUT2D eigenvalue weighted by Gasteiger charge is 2.09. The maximum atomic E-state index is 5.95. The third-order valence-electron chi connectivity index (χ3n) is 3.49. The Morgan fingerprint density at radius 1 is 1.04 bits per heavy atom. The lowest BCUT2D eigenvalue weighted by Gasteiger charge is -2.06. The summed E-state index contributed by atoms with van der Waals surface area (Å²) in [6.45, 7) is 0.153. The number of rotatable bonds is 5. The van der Waals surface area contributed by atoms with Crippen molar-refractivity contribution < 1.29 is 9.15 Å². The van der Waals surface area contributed by atoms with Crippen LogP contribution in [-0.4, -0.2) is 15.2 Å². The summed E-state index contributed by atoms with van der Waals surface area (Å²) in [6.07, 6.45) is 1.73. The van der Waals surface area contributed by atoms with E-state index in [-0.39, 0.29) is 12.6 Å². The molecule has 2 heterocycles. The summed E-state index contributed by atoms with van der Waals surface area (Å²) in [7, 11) is 0. The number of nitrogens with zero attached hydrogens (tertiary/aromatic N) is 3. The minimum Gasteiger partial charge on any atom is -0.482 e. The molecule has 2 aromatic carbocycles. The standard InChI is InChI=1S/C18H13ClN4O2/c19-13-6-2-7-14(10-13)21-18-23-22-16(25-18)11-24-15-8-1-4-12-5-3-9-20-17(12)15/h1-10H,11H2,(H,21,23). The molecule has 0 aliphatic rings. The van der Waals surface area contributed by atoms with E-state index in [1.807, 2.05) is 42.5 Å². The van der Waals surface area contributed by atoms with Crippen LogP contribution < -0.4 is 10.1 Å². The summed E-state index contributed by atoms with van der Waals surface area (Å²) in [5.74, 6) is 1.03. The number of anilines is 2. The van der Waals surface area contributed by atoms with Gasteiger partial charge >= 0.3 is 6.01 Å². The molecule has 0 radical (unpaired) electrons. The Morgan fingerprint density at radius 3 is 2.84 bits per heavy atom. The van der Waals surface area contributed by atoms with Crippen LogP contribution in [0.25, 0.3) is 10.9 Å². The van der Waals surface area contributed by atoms with Gasteiger partial charge in [-0.05, 0) is 30.3 Å². The molecule has 1 N–H and O–H groups in total. The minimum atomic E-state index is 0.153. The van der Waals surface area contributed by atoms with E-state index in [0.717, 1.165) is 16.6 Å². The van der Waals surface area contributed by atoms with E-state index in [1.54, 1.807) is 18.3 Å². The summed E-state index contributed by atoms with van der Waals surface area (Å²) >= 11 is 5.95. The normalized spacial score (nSPS) is 10.8. The van der Waals surface area contributed by atoms with Crippen molar-refractivity contribution in [3.63, 3.8) is 0 Å². The Morgan fingerprint density at radius 2 is 1.92 bits per heavy atom. The van der Waals surface area contributed by atoms with Gasteiger partial charge in [-0.2, -0.15) is 0 Å². The molecule has 0 bridgehead atoms. The average Bonchev–Trinajstić information content (AvgIpc) is 3.07. The molecule has 0 saturated heterocycles. The number of pyridine rings is 1. The van der Waals surface area contributed by atoms with Gasteiger partial charge in [-0.1, -0.05) is 41.0 Å². The summed E-state index contributed by atoms with van der Waals surface area (Å²) in [5.41, 5.74) is 1.56. The van der Waals surface area contributed by atoms with Crippen LogP contribution in [-0.2, 0) is 6.61 Å². The molecule has 0 unspecified atom stereocenters. The van der Waals surface area contributed by atoms with E-state index >= 15 is 0 Å². The second-order valence-corrected chi connectivity index (χ2v) is 5.69. The molecule has 0 amide bonds. The zero-order chi connectivity index (χ0) is 17.1. The number of fused-ring (bicyclic) bond motifs is 1. The Bertz CT molecular complexity index is 1010. The van der Waals surface area contributed by atoms with Gasteiger partial charge in [0.15, 0.2) is 6.61 Å². The van der Waals surface area contributed by atoms with Crippen LogP contribution in [0.5, 0.6) is 5.75 Å². The molecule has 0 fully saturated rings. The lowest BCUT2D eigenvalue weighted by Crippen LogP contribution is -1.97. The Hall–Kier alpha value is -3.12. The van der Waals surface area contributed by atoms with Crippen LogP contribution in [0.1, 0.15) is 5.89 Å². The summed E-state index contributed by atoms with van der Waals surface area (Å²) in [5, 5.41) is 12.6. The average molecular weight is 353 g/mol. The van der Waals surface area contributed by atoms with Crippen LogP contribution >= 0.6 is 11.6 Å². The zero-order valence-electron chi connectivity index (χ0n) is 13.0. The van der Waals surface area contributed by atoms with Crippen LogP contribution in [0.4, 0.5) is 11.7 Å². The van der Waals surface area contributed by atoms with E-state index in [4.69, 9.17) is 20.8 Å². The van der Waals surface area contributed by atoms with Gasteiger partial charge in [-0.3, -0.25) is 4.98 Å². The molecule has 25 heavy (non-hydrogen) atoms. The number of ether oxygens (including phenoxy) is 1. The molecule has 4 aromatic rings. The van der Waals surface area contributed by atoms with Crippen LogP contribution in [0, 0.1) is 0 Å². The minimum absolute atomic E-state index is 0.153. The Balaban J connectivity index is 1.46. The fraction of sp³-hybridized carbons (Fsp3) is 0.0556. The smallest absolute Gasteiger partial charge is 0.320 e. The fourth-order valence-corrected chi connectivity index (χ4v) is 2.57. The second kappa shape index (κ2) is 6.78. The lowest BCUT2D eigenvalue weighted by molar-refractivity contribution is 0.267. The van der Waals surface area contributed by atoms with Crippen molar-refractivity contribution in [2.75, 3.05) is 5.32 Å².